The first-order chi connectivity index (χ1) is 18.6. The average Bonchev–Trinajstić information content (AvgIpc) is 3.21. The molecule has 0 amide bonds. The van der Waals surface area contributed by atoms with Crippen molar-refractivity contribution in [2.45, 2.75) is 71.8 Å². The number of halogens is 2. The van der Waals surface area contributed by atoms with Crippen molar-refractivity contribution in [3.05, 3.63) is 64.4 Å². The molecule has 4 fully saturated rings. The van der Waals surface area contributed by atoms with E-state index in [2.05, 4.69) is 5.10 Å². The second kappa shape index (κ2) is 9.42. The van der Waals surface area contributed by atoms with Gasteiger partial charge in [0.15, 0.2) is 5.78 Å². The van der Waals surface area contributed by atoms with E-state index in [9.17, 15) is 18.4 Å². The number of hydrogen-bond donors (Lipinski definition) is 0. The fraction of sp³-hybridized carbons (Fsp3) is 0.516. The molecule has 6 nitrogen and oxygen atoms in total. The largest absolute Gasteiger partial charge is 0.473 e. The first-order valence-corrected chi connectivity index (χ1v) is 13.8. The molecule has 4 aliphatic carbocycles. The number of aryl methyl sites for hydroxylation is 2. The van der Waals surface area contributed by atoms with Crippen LogP contribution in [-0.2, 0) is 16.1 Å². The number of ketones is 1. The number of carbonyl (C=O) groups excluding carboxylic acids is 2. The number of ether oxygens (including phenoxy) is 2. The molecule has 0 saturated heterocycles. The summed E-state index contributed by atoms with van der Waals surface area (Å²) in [7, 11) is 1.48. The Balaban J connectivity index is 1.24. The van der Waals surface area contributed by atoms with Gasteiger partial charge in [-0.15, -0.1) is 0 Å². The zero-order valence-corrected chi connectivity index (χ0v) is 22.7. The van der Waals surface area contributed by atoms with Crippen molar-refractivity contribution in [3.63, 3.8) is 0 Å². The number of esters is 1. The van der Waals surface area contributed by atoms with Crippen molar-refractivity contribution < 1.29 is 27.8 Å². The van der Waals surface area contributed by atoms with Gasteiger partial charge in [0.1, 0.15) is 18.2 Å². The van der Waals surface area contributed by atoms with Gasteiger partial charge < -0.3 is 9.47 Å². The minimum absolute atomic E-state index is 0.00117. The Kier molecular flexibility index (Phi) is 6.27. The molecular weight excluding hydrogens is 502 g/mol. The molecule has 0 aliphatic heterocycles. The maximum Gasteiger partial charge on any atom is 0.311 e. The molecule has 2 heterocycles. The SMILES string of the molecule is COC(=O)C12CC3CC(CC(CCC(=O)c4c(C)nn5c(OCc6c(F)cccc6F)cc(C)cc45)(C3)C1)C2. The normalized spacial score (nSPS) is 27.2. The van der Waals surface area contributed by atoms with Gasteiger partial charge in [-0.1, -0.05) is 6.07 Å². The number of hydrogen-bond acceptors (Lipinski definition) is 5. The Labute approximate surface area is 226 Å². The van der Waals surface area contributed by atoms with Crippen LogP contribution in [0, 0.1) is 48.1 Å². The van der Waals surface area contributed by atoms with E-state index in [-0.39, 0.29) is 34.8 Å². The maximum absolute atomic E-state index is 14.1. The van der Waals surface area contributed by atoms with Crippen molar-refractivity contribution in [1.82, 2.24) is 9.61 Å². The zero-order chi connectivity index (χ0) is 27.5. The third-order valence-electron chi connectivity index (χ3n) is 9.41. The summed E-state index contributed by atoms with van der Waals surface area (Å²) >= 11 is 0. The predicted octanol–water partition coefficient (Wildman–Crippen LogP) is 6.53. The lowest BCUT2D eigenvalue weighted by Gasteiger charge is -2.61. The summed E-state index contributed by atoms with van der Waals surface area (Å²) in [5.41, 5.74) is 2.06. The van der Waals surface area contributed by atoms with Crippen LogP contribution in [0.3, 0.4) is 0 Å². The lowest BCUT2D eigenvalue weighted by atomic mass is 9.43. The predicted molar refractivity (Wildman–Crippen MR) is 140 cm³/mol. The molecule has 0 spiro atoms. The van der Waals surface area contributed by atoms with Crippen LogP contribution in [0.25, 0.3) is 5.52 Å². The number of aromatic nitrogens is 2. The molecule has 4 bridgehead atoms. The summed E-state index contributed by atoms with van der Waals surface area (Å²) in [4.78, 5) is 26.5. The van der Waals surface area contributed by atoms with Crippen molar-refractivity contribution in [1.29, 1.82) is 0 Å². The van der Waals surface area contributed by atoms with Gasteiger partial charge in [-0.05, 0) is 99.8 Å². The average molecular weight is 537 g/mol. The van der Waals surface area contributed by atoms with E-state index in [4.69, 9.17) is 9.47 Å². The van der Waals surface area contributed by atoms with E-state index in [1.807, 2.05) is 13.0 Å². The standard InChI is InChI=1S/C31H34F2N2O4/c1-18-9-25-28(19(2)34-35(25)27(10-18)39-16-22-23(32)5-4-6-24(22)33)26(36)7-8-30-12-20-11-21(13-30)15-31(14-20,17-30)29(37)38-3/h4-6,9-10,20-21H,7-8,11-17H2,1-3H3. The number of carbonyl (C=O) groups is 2. The number of rotatable bonds is 8. The smallest absolute Gasteiger partial charge is 0.311 e. The molecule has 7 rings (SSSR count). The molecule has 2 aromatic heterocycles. The van der Waals surface area contributed by atoms with Crippen LogP contribution in [0.2, 0.25) is 0 Å². The molecule has 2 atom stereocenters. The van der Waals surface area contributed by atoms with E-state index in [1.54, 1.807) is 17.5 Å². The number of benzene rings is 1. The van der Waals surface area contributed by atoms with Crippen LogP contribution in [0.5, 0.6) is 5.88 Å². The van der Waals surface area contributed by atoms with Crippen LogP contribution < -0.4 is 4.74 Å². The fourth-order valence-corrected chi connectivity index (χ4v) is 8.33. The summed E-state index contributed by atoms with van der Waals surface area (Å²) in [6.45, 7) is 3.38. The van der Waals surface area contributed by atoms with E-state index in [0.29, 0.717) is 40.9 Å². The van der Waals surface area contributed by atoms with Gasteiger partial charge in [0, 0.05) is 12.5 Å². The fourth-order valence-electron chi connectivity index (χ4n) is 8.33. The first-order valence-electron chi connectivity index (χ1n) is 13.8. The number of Topliss-reactive ketones (excluding diaryl/α,β-unsaturated/α-hetero) is 1. The summed E-state index contributed by atoms with van der Waals surface area (Å²) in [6.07, 6.45) is 7.10. The second-order valence-electron chi connectivity index (χ2n) is 12.3. The van der Waals surface area contributed by atoms with Gasteiger partial charge in [0.2, 0.25) is 5.88 Å². The van der Waals surface area contributed by atoms with Crippen LogP contribution in [0.4, 0.5) is 8.78 Å². The van der Waals surface area contributed by atoms with Crippen LogP contribution in [-0.4, -0.2) is 28.5 Å². The Morgan fingerprint density at radius 1 is 1.08 bits per heavy atom. The van der Waals surface area contributed by atoms with Crippen molar-refractivity contribution in [2.75, 3.05) is 7.11 Å². The third kappa shape index (κ3) is 4.42. The summed E-state index contributed by atoms with van der Waals surface area (Å²) < 4.78 is 40.9. The highest BCUT2D eigenvalue weighted by atomic mass is 19.1. The minimum atomic E-state index is -0.676. The van der Waals surface area contributed by atoms with Crippen LogP contribution >= 0.6 is 0 Å². The topological polar surface area (TPSA) is 69.9 Å². The summed E-state index contributed by atoms with van der Waals surface area (Å²) in [5.74, 6) is -0.0428. The van der Waals surface area contributed by atoms with Gasteiger partial charge in [0.25, 0.3) is 0 Å². The molecule has 1 aromatic carbocycles. The van der Waals surface area contributed by atoms with E-state index >= 15 is 0 Å². The van der Waals surface area contributed by atoms with Crippen LogP contribution in [0.15, 0.2) is 30.3 Å². The Morgan fingerprint density at radius 3 is 2.44 bits per heavy atom. The van der Waals surface area contributed by atoms with Crippen molar-refractivity contribution >= 4 is 17.3 Å². The molecule has 39 heavy (non-hydrogen) atoms. The number of methoxy groups -OCH3 is 1. The zero-order valence-electron chi connectivity index (χ0n) is 22.7. The van der Waals surface area contributed by atoms with E-state index < -0.39 is 11.6 Å². The highest BCUT2D eigenvalue weighted by molar-refractivity contribution is 6.03. The highest BCUT2D eigenvalue weighted by Crippen LogP contribution is 2.67. The molecule has 0 N–H and O–H groups in total. The van der Waals surface area contributed by atoms with Crippen LogP contribution in [0.1, 0.15) is 78.5 Å². The minimum Gasteiger partial charge on any atom is -0.473 e. The number of fused-ring (bicyclic) bond motifs is 1. The van der Waals surface area contributed by atoms with E-state index in [0.717, 1.165) is 44.1 Å². The van der Waals surface area contributed by atoms with Gasteiger partial charge in [-0.3, -0.25) is 9.59 Å². The Bertz CT molecular complexity index is 1440. The molecule has 0 radical (unpaired) electrons. The quantitative estimate of drug-likeness (QED) is 0.242. The van der Waals surface area contributed by atoms with Gasteiger partial charge in [-0.2, -0.15) is 5.10 Å². The third-order valence-corrected chi connectivity index (χ3v) is 9.41. The molecule has 2 unspecified atom stereocenters. The van der Waals surface area contributed by atoms with Gasteiger partial charge in [-0.25, -0.2) is 13.3 Å². The molecule has 206 valence electrons. The molecule has 4 aliphatic rings. The number of pyridine rings is 1. The maximum atomic E-state index is 14.1. The van der Waals surface area contributed by atoms with Gasteiger partial charge >= 0.3 is 5.97 Å². The summed E-state index contributed by atoms with van der Waals surface area (Å²) in [5, 5.41) is 4.57. The monoisotopic (exact) mass is 536 g/mol. The van der Waals surface area contributed by atoms with E-state index in [1.165, 1.54) is 31.7 Å². The molecule has 3 aromatic rings. The first kappa shape index (κ1) is 26.0. The lowest BCUT2D eigenvalue weighted by molar-refractivity contribution is -0.178. The van der Waals surface area contributed by atoms with Crippen molar-refractivity contribution in [2.24, 2.45) is 22.7 Å². The lowest BCUT2D eigenvalue weighted by Crippen LogP contribution is -2.55. The molecule has 4 saturated carbocycles. The molecular formula is C31H34F2N2O4. The summed E-state index contributed by atoms with van der Waals surface area (Å²) in [6, 6.07) is 7.33. The number of nitrogens with zero attached hydrogens (tertiary/aromatic N) is 2. The van der Waals surface area contributed by atoms with Gasteiger partial charge in [0.05, 0.1) is 34.9 Å². The second-order valence-corrected chi connectivity index (χ2v) is 12.3. The Hall–Kier alpha value is -3.29. The Morgan fingerprint density at radius 2 is 1.77 bits per heavy atom. The van der Waals surface area contributed by atoms with Crippen molar-refractivity contribution in [3.8, 4) is 5.88 Å². The highest BCUT2D eigenvalue weighted by Gasteiger charge is 2.60. The molecule has 8 heteroatoms.